The second-order valence-electron chi connectivity index (χ2n) is 9.63. The molecule has 5 aromatic heterocycles. The van der Waals surface area contributed by atoms with Gasteiger partial charge in [0.05, 0.1) is 23.3 Å². The van der Waals surface area contributed by atoms with Crippen molar-refractivity contribution in [1.29, 1.82) is 0 Å². The van der Waals surface area contributed by atoms with Crippen LogP contribution in [0.1, 0.15) is 31.7 Å². The number of fused-ring (bicyclic) bond motifs is 2. The fraction of sp³-hybridized carbons (Fsp3) is 0.167. The highest BCUT2D eigenvalue weighted by atomic mass is 19.1. The van der Waals surface area contributed by atoms with Gasteiger partial charge in [-0.1, -0.05) is 13.3 Å². The van der Waals surface area contributed by atoms with Crippen molar-refractivity contribution in [3.63, 3.8) is 0 Å². The molecule has 6 rings (SSSR count). The Hall–Kier alpha value is -4.92. The Bertz CT molecular complexity index is 1820. The average Bonchev–Trinajstić information content (AvgIpc) is 3.55. The zero-order valence-corrected chi connectivity index (χ0v) is 21.5. The van der Waals surface area contributed by atoms with Gasteiger partial charge < -0.3 is 10.3 Å². The number of hydrogen-bond acceptors (Lipinski definition) is 5. The van der Waals surface area contributed by atoms with Gasteiger partial charge in [-0.05, 0) is 61.4 Å². The summed E-state index contributed by atoms with van der Waals surface area (Å²) in [6.45, 7) is 3.92. The number of unbranched alkanes of at least 4 members (excludes halogenated alkanes) is 1. The Morgan fingerprint density at radius 1 is 0.949 bits per heavy atom. The van der Waals surface area contributed by atoms with Crippen molar-refractivity contribution < 1.29 is 9.18 Å². The minimum absolute atomic E-state index is 0.0254. The van der Waals surface area contributed by atoms with E-state index in [2.05, 4.69) is 42.4 Å². The van der Waals surface area contributed by atoms with Crippen molar-refractivity contribution in [2.24, 2.45) is 0 Å². The molecular formula is C30H26FN7O. The first-order valence-corrected chi connectivity index (χ1v) is 12.8. The van der Waals surface area contributed by atoms with Gasteiger partial charge in [-0.25, -0.2) is 9.37 Å². The van der Waals surface area contributed by atoms with Gasteiger partial charge in [-0.3, -0.25) is 19.9 Å². The van der Waals surface area contributed by atoms with Crippen LogP contribution >= 0.6 is 0 Å². The van der Waals surface area contributed by atoms with E-state index in [1.165, 1.54) is 12.1 Å². The SMILES string of the molecule is CCCCC(=O)Nc1cncc(-c2cnc3[nH]nc(-c4cc5c(-c6cc(C)cc(F)c6)nccc5[nH]4)c3c2)c1. The lowest BCUT2D eigenvalue weighted by atomic mass is 10.0. The number of H-pyrrole nitrogens is 2. The molecule has 0 aliphatic heterocycles. The molecule has 0 aliphatic rings. The van der Waals surface area contributed by atoms with Gasteiger partial charge in [0, 0.05) is 58.0 Å². The second-order valence-corrected chi connectivity index (χ2v) is 9.63. The van der Waals surface area contributed by atoms with Crippen molar-refractivity contribution in [2.45, 2.75) is 33.1 Å². The predicted molar refractivity (Wildman–Crippen MR) is 150 cm³/mol. The number of hydrogen-bond donors (Lipinski definition) is 3. The number of rotatable bonds is 7. The van der Waals surface area contributed by atoms with Crippen LogP contribution in [0, 0.1) is 12.7 Å². The zero-order chi connectivity index (χ0) is 26.9. The van der Waals surface area contributed by atoms with Gasteiger partial charge in [-0.2, -0.15) is 5.10 Å². The first kappa shape index (κ1) is 24.4. The number of anilines is 1. The molecule has 1 amide bonds. The number of carbonyl (C=O) groups is 1. The molecule has 0 fully saturated rings. The zero-order valence-electron chi connectivity index (χ0n) is 21.5. The van der Waals surface area contributed by atoms with E-state index in [1.54, 1.807) is 24.8 Å². The van der Waals surface area contributed by atoms with Gasteiger partial charge in [0.25, 0.3) is 0 Å². The van der Waals surface area contributed by atoms with Crippen LogP contribution in [0.25, 0.3) is 55.7 Å². The molecule has 1 aromatic carbocycles. The second kappa shape index (κ2) is 10.1. The number of carbonyl (C=O) groups excluding carboxylic acids is 1. The summed E-state index contributed by atoms with van der Waals surface area (Å²) in [5.74, 6) is -0.321. The van der Waals surface area contributed by atoms with Crippen LogP contribution in [-0.2, 0) is 4.79 Å². The molecule has 0 atom stereocenters. The van der Waals surface area contributed by atoms with Crippen LogP contribution in [0.5, 0.6) is 0 Å². The molecule has 0 saturated heterocycles. The Morgan fingerprint density at radius 2 is 1.82 bits per heavy atom. The summed E-state index contributed by atoms with van der Waals surface area (Å²) in [5, 5.41) is 12.2. The van der Waals surface area contributed by atoms with Crippen LogP contribution < -0.4 is 5.32 Å². The smallest absolute Gasteiger partial charge is 0.224 e. The third kappa shape index (κ3) is 4.86. The number of halogens is 1. The molecule has 0 saturated carbocycles. The molecule has 0 bridgehead atoms. The van der Waals surface area contributed by atoms with E-state index < -0.39 is 0 Å². The third-order valence-electron chi connectivity index (χ3n) is 6.65. The summed E-state index contributed by atoms with van der Waals surface area (Å²) >= 11 is 0. The highest BCUT2D eigenvalue weighted by Crippen LogP contribution is 2.34. The number of aryl methyl sites for hydroxylation is 1. The first-order valence-electron chi connectivity index (χ1n) is 12.8. The standard InChI is InChI=1S/C30H26FN7O/c1-3-4-5-27(39)35-22-11-19(14-32-16-22)20-12-24-29(37-38-30(24)34-15-20)26-13-23-25(36-26)6-7-33-28(23)18-8-17(2)9-21(31)10-18/h6-16,36H,3-5H2,1-2H3,(H,35,39)(H,34,37,38). The molecule has 6 aromatic rings. The van der Waals surface area contributed by atoms with Gasteiger partial charge in [0.1, 0.15) is 11.5 Å². The number of aromatic nitrogens is 6. The summed E-state index contributed by atoms with van der Waals surface area (Å²) in [4.78, 5) is 29.1. The predicted octanol–water partition coefficient (Wildman–Crippen LogP) is 6.81. The van der Waals surface area contributed by atoms with Crippen molar-refractivity contribution in [2.75, 3.05) is 5.32 Å². The molecule has 8 nitrogen and oxygen atoms in total. The number of nitrogens with zero attached hydrogens (tertiary/aromatic N) is 4. The summed E-state index contributed by atoms with van der Waals surface area (Å²) in [5.41, 5.74) is 7.55. The van der Waals surface area contributed by atoms with Crippen molar-refractivity contribution in [1.82, 2.24) is 30.1 Å². The van der Waals surface area contributed by atoms with Gasteiger partial charge in [0.15, 0.2) is 5.65 Å². The van der Waals surface area contributed by atoms with Crippen LogP contribution in [0.2, 0.25) is 0 Å². The minimum atomic E-state index is -0.296. The first-order chi connectivity index (χ1) is 19.0. The van der Waals surface area contributed by atoms with E-state index in [9.17, 15) is 9.18 Å². The summed E-state index contributed by atoms with van der Waals surface area (Å²) in [6, 6.07) is 12.7. The number of aromatic amines is 2. The molecule has 0 aliphatic carbocycles. The Morgan fingerprint density at radius 3 is 2.67 bits per heavy atom. The number of amides is 1. The normalized spacial score (nSPS) is 11.4. The van der Waals surface area contributed by atoms with Gasteiger partial charge in [-0.15, -0.1) is 0 Å². The van der Waals surface area contributed by atoms with Crippen LogP contribution in [0.4, 0.5) is 10.1 Å². The molecule has 3 N–H and O–H groups in total. The van der Waals surface area contributed by atoms with E-state index in [0.717, 1.165) is 51.5 Å². The lowest BCUT2D eigenvalue weighted by Gasteiger charge is -2.07. The van der Waals surface area contributed by atoms with E-state index in [-0.39, 0.29) is 11.7 Å². The lowest BCUT2D eigenvalue weighted by molar-refractivity contribution is -0.116. The fourth-order valence-corrected chi connectivity index (χ4v) is 4.78. The third-order valence-corrected chi connectivity index (χ3v) is 6.65. The largest absolute Gasteiger partial charge is 0.353 e. The number of nitrogens with one attached hydrogen (secondary N) is 3. The highest BCUT2D eigenvalue weighted by molar-refractivity contribution is 6.00. The van der Waals surface area contributed by atoms with Crippen LogP contribution in [-0.4, -0.2) is 36.0 Å². The molecule has 0 unspecified atom stereocenters. The maximum atomic E-state index is 14.1. The molecule has 0 radical (unpaired) electrons. The molecule has 39 heavy (non-hydrogen) atoms. The lowest BCUT2D eigenvalue weighted by Crippen LogP contribution is -2.11. The molecular weight excluding hydrogens is 493 g/mol. The fourth-order valence-electron chi connectivity index (χ4n) is 4.78. The van der Waals surface area contributed by atoms with Gasteiger partial charge in [0.2, 0.25) is 5.91 Å². The topological polar surface area (TPSA) is 112 Å². The summed E-state index contributed by atoms with van der Waals surface area (Å²) in [6.07, 6.45) is 9.13. The van der Waals surface area contributed by atoms with Crippen molar-refractivity contribution in [3.05, 3.63) is 78.6 Å². The monoisotopic (exact) mass is 519 g/mol. The van der Waals surface area contributed by atoms with E-state index in [4.69, 9.17) is 0 Å². The van der Waals surface area contributed by atoms with E-state index >= 15 is 0 Å². The minimum Gasteiger partial charge on any atom is -0.353 e. The van der Waals surface area contributed by atoms with E-state index in [0.29, 0.717) is 34.7 Å². The Kier molecular flexibility index (Phi) is 6.32. The summed E-state index contributed by atoms with van der Waals surface area (Å²) in [7, 11) is 0. The summed E-state index contributed by atoms with van der Waals surface area (Å²) < 4.78 is 14.1. The van der Waals surface area contributed by atoms with Crippen LogP contribution in [0.15, 0.2) is 67.3 Å². The molecule has 0 spiro atoms. The Balaban J connectivity index is 1.38. The quantitative estimate of drug-likeness (QED) is 0.215. The molecule has 9 heteroatoms. The maximum Gasteiger partial charge on any atom is 0.224 e. The van der Waals surface area contributed by atoms with Crippen molar-refractivity contribution in [3.8, 4) is 33.8 Å². The van der Waals surface area contributed by atoms with Gasteiger partial charge >= 0.3 is 0 Å². The number of pyridine rings is 3. The molecule has 5 heterocycles. The highest BCUT2D eigenvalue weighted by Gasteiger charge is 2.16. The van der Waals surface area contributed by atoms with Crippen molar-refractivity contribution >= 4 is 33.5 Å². The van der Waals surface area contributed by atoms with Crippen LogP contribution in [0.3, 0.4) is 0 Å². The maximum absolute atomic E-state index is 14.1. The van der Waals surface area contributed by atoms with E-state index in [1.807, 2.05) is 37.3 Å². The molecule has 194 valence electrons. The average molecular weight is 520 g/mol. The number of benzene rings is 1. The Labute approximate surface area is 223 Å².